The van der Waals surface area contributed by atoms with Crippen LogP contribution < -0.4 is 0 Å². The molecule has 8 aromatic rings. The van der Waals surface area contributed by atoms with Crippen LogP contribution in [0.15, 0.2) is 140 Å². The van der Waals surface area contributed by atoms with E-state index in [0.717, 1.165) is 17.0 Å². The number of pyridine rings is 1. The molecule has 0 aliphatic rings. The fraction of sp³-hybridized carbons (Fsp3) is 0. The van der Waals surface area contributed by atoms with E-state index in [-0.39, 0.29) is 0 Å². The van der Waals surface area contributed by atoms with Crippen LogP contribution in [0.1, 0.15) is 0 Å². The minimum atomic E-state index is 0.929. The van der Waals surface area contributed by atoms with Gasteiger partial charge in [-0.15, -0.1) is 0 Å². The van der Waals surface area contributed by atoms with Crippen molar-refractivity contribution in [1.82, 2.24) is 14.1 Å². The lowest BCUT2D eigenvalue weighted by atomic mass is 10.00. The standard InChI is InChI=1S/C35H23N3/c1-3-9-29-25(7-1)14-19-33-35(29)30-23-27(15-18-32(30)38(33)34-11-5-6-21-36-34)24-12-16-28(17-13-24)37-22-20-26-8-2-4-10-31(26)37/h1-23H. The number of fused-ring (bicyclic) bond motifs is 6. The normalized spacial score (nSPS) is 11.7. The average Bonchev–Trinajstić information content (AvgIpc) is 3.57. The maximum atomic E-state index is 4.70. The summed E-state index contributed by atoms with van der Waals surface area (Å²) in [6.45, 7) is 0. The molecule has 0 unspecified atom stereocenters. The first-order valence-corrected chi connectivity index (χ1v) is 12.9. The molecule has 0 spiro atoms. The van der Waals surface area contributed by atoms with Crippen LogP contribution in [-0.2, 0) is 0 Å². The molecule has 0 radical (unpaired) electrons. The molecule has 3 aromatic heterocycles. The quantitative estimate of drug-likeness (QED) is 0.245. The van der Waals surface area contributed by atoms with Crippen LogP contribution in [0.2, 0.25) is 0 Å². The second-order valence-corrected chi connectivity index (χ2v) is 9.73. The highest BCUT2D eigenvalue weighted by atomic mass is 15.1. The summed E-state index contributed by atoms with van der Waals surface area (Å²) < 4.78 is 4.52. The first kappa shape index (κ1) is 21.0. The van der Waals surface area contributed by atoms with Crippen LogP contribution in [0.3, 0.4) is 0 Å². The molecule has 3 heteroatoms. The molecule has 8 rings (SSSR count). The summed E-state index contributed by atoms with van der Waals surface area (Å²) in [4.78, 5) is 4.70. The highest BCUT2D eigenvalue weighted by Gasteiger charge is 2.16. The number of para-hydroxylation sites is 1. The number of nitrogens with zero attached hydrogens (tertiary/aromatic N) is 3. The molecular formula is C35H23N3. The van der Waals surface area contributed by atoms with Gasteiger partial charge >= 0.3 is 0 Å². The van der Waals surface area contributed by atoms with Crippen molar-refractivity contribution in [2.45, 2.75) is 0 Å². The van der Waals surface area contributed by atoms with Crippen LogP contribution in [0.4, 0.5) is 0 Å². The number of rotatable bonds is 3. The molecule has 178 valence electrons. The third kappa shape index (κ3) is 3.12. The van der Waals surface area contributed by atoms with Gasteiger partial charge in [0, 0.05) is 28.9 Å². The Morgan fingerprint density at radius 1 is 0.500 bits per heavy atom. The molecule has 0 bridgehead atoms. The predicted octanol–water partition coefficient (Wildman–Crippen LogP) is 8.94. The number of aromatic nitrogens is 3. The van der Waals surface area contributed by atoms with Crippen LogP contribution in [0.25, 0.3) is 66.1 Å². The van der Waals surface area contributed by atoms with E-state index in [1.54, 1.807) is 0 Å². The van der Waals surface area contributed by atoms with Crippen LogP contribution >= 0.6 is 0 Å². The Kier molecular flexibility index (Phi) is 4.52. The largest absolute Gasteiger partial charge is 0.317 e. The molecule has 3 heterocycles. The fourth-order valence-electron chi connectivity index (χ4n) is 5.83. The first-order valence-electron chi connectivity index (χ1n) is 12.9. The Hall–Kier alpha value is -5.15. The summed E-state index contributed by atoms with van der Waals surface area (Å²) in [7, 11) is 0. The Bertz CT molecular complexity index is 2110. The molecule has 3 nitrogen and oxygen atoms in total. The first-order chi connectivity index (χ1) is 18.8. The zero-order valence-electron chi connectivity index (χ0n) is 20.6. The van der Waals surface area contributed by atoms with Gasteiger partial charge in [0.05, 0.1) is 16.6 Å². The van der Waals surface area contributed by atoms with E-state index in [9.17, 15) is 0 Å². The van der Waals surface area contributed by atoms with Crippen molar-refractivity contribution < 1.29 is 0 Å². The summed E-state index contributed by atoms with van der Waals surface area (Å²) in [5.74, 6) is 0.929. The van der Waals surface area contributed by atoms with Crippen LogP contribution in [0.5, 0.6) is 0 Å². The van der Waals surface area contributed by atoms with Gasteiger partial charge in [-0.2, -0.15) is 0 Å². The number of benzene rings is 5. The van der Waals surface area contributed by atoms with Gasteiger partial charge in [0.25, 0.3) is 0 Å². The maximum Gasteiger partial charge on any atom is 0.137 e. The fourth-order valence-corrected chi connectivity index (χ4v) is 5.83. The molecule has 0 saturated heterocycles. The van der Waals surface area contributed by atoms with E-state index in [1.807, 2.05) is 18.3 Å². The topological polar surface area (TPSA) is 22.8 Å². The van der Waals surface area contributed by atoms with E-state index in [0.29, 0.717) is 0 Å². The minimum absolute atomic E-state index is 0.929. The lowest BCUT2D eigenvalue weighted by Gasteiger charge is -2.09. The summed E-state index contributed by atoms with van der Waals surface area (Å²) >= 11 is 0. The Morgan fingerprint density at radius 3 is 2.13 bits per heavy atom. The highest BCUT2D eigenvalue weighted by Crippen LogP contribution is 2.38. The van der Waals surface area contributed by atoms with Gasteiger partial charge in [0.15, 0.2) is 0 Å². The number of hydrogen-bond acceptors (Lipinski definition) is 1. The molecular weight excluding hydrogens is 462 g/mol. The maximum absolute atomic E-state index is 4.70. The van der Waals surface area contributed by atoms with E-state index in [4.69, 9.17) is 4.98 Å². The lowest BCUT2D eigenvalue weighted by molar-refractivity contribution is 1.08. The Labute approximate surface area is 219 Å². The van der Waals surface area contributed by atoms with E-state index < -0.39 is 0 Å². The summed E-state index contributed by atoms with van der Waals surface area (Å²) in [6.07, 6.45) is 4.00. The van der Waals surface area contributed by atoms with E-state index in [1.165, 1.54) is 49.1 Å². The second kappa shape index (κ2) is 8.19. The monoisotopic (exact) mass is 485 g/mol. The molecule has 0 aliphatic carbocycles. The highest BCUT2D eigenvalue weighted by molar-refractivity contribution is 6.21. The molecule has 38 heavy (non-hydrogen) atoms. The molecule has 0 N–H and O–H groups in total. The zero-order chi connectivity index (χ0) is 25.1. The molecule has 5 aromatic carbocycles. The summed E-state index contributed by atoms with van der Waals surface area (Å²) in [5, 5.41) is 6.26. The summed E-state index contributed by atoms with van der Waals surface area (Å²) in [6, 6.07) is 45.5. The van der Waals surface area contributed by atoms with E-state index >= 15 is 0 Å². The van der Waals surface area contributed by atoms with Crippen molar-refractivity contribution in [3.63, 3.8) is 0 Å². The predicted molar refractivity (Wildman–Crippen MR) is 158 cm³/mol. The van der Waals surface area contributed by atoms with Crippen molar-refractivity contribution >= 4 is 43.5 Å². The van der Waals surface area contributed by atoms with Crippen molar-refractivity contribution in [1.29, 1.82) is 0 Å². The van der Waals surface area contributed by atoms with Gasteiger partial charge in [-0.25, -0.2) is 4.98 Å². The minimum Gasteiger partial charge on any atom is -0.317 e. The SMILES string of the molecule is c1ccc(-n2c3ccc(-c4ccc(-n5ccc6ccccc65)cc4)cc3c3c4ccccc4ccc32)nc1. The third-order valence-corrected chi connectivity index (χ3v) is 7.61. The molecule has 0 atom stereocenters. The molecule has 0 fully saturated rings. The average molecular weight is 486 g/mol. The summed E-state index contributed by atoms with van der Waals surface area (Å²) in [5.41, 5.74) is 7.11. The van der Waals surface area contributed by atoms with Gasteiger partial charge in [-0.3, -0.25) is 4.57 Å². The number of hydrogen-bond donors (Lipinski definition) is 0. The van der Waals surface area contributed by atoms with Gasteiger partial charge in [0.1, 0.15) is 5.82 Å². The van der Waals surface area contributed by atoms with Gasteiger partial charge in [-0.05, 0) is 81.9 Å². The molecule has 0 saturated carbocycles. The van der Waals surface area contributed by atoms with Gasteiger partial charge in [-0.1, -0.05) is 72.8 Å². The second-order valence-electron chi connectivity index (χ2n) is 9.73. The zero-order valence-corrected chi connectivity index (χ0v) is 20.6. The van der Waals surface area contributed by atoms with E-state index in [2.05, 4.69) is 131 Å². The van der Waals surface area contributed by atoms with Gasteiger partial charge in [0.2, 0.25) is 0 Å². The smallest absolute Gasteiger partial charge is 0.137 e. The Morgan fingerprint density at radius 2 is 1.26 bits per heavy atom. The molecule has 0 amide bonds. The van der Waals surface area contributed by atoms with Crippen molar-refractivity contribution in [3.05, 3.63) is 140 Å². The third-order valence-electron chi connectivity index (χ3n) is 7.61. The van der Waals surface area contributed by atoms with Gasteiger partial charge < -0.3 is 4.57 Å². The van der Waals surface area contributed by atoms with Crippen molar-refractivity contribution in [2.24, 2.45) is 0 Å². The van der Waals surface area contributed by atoms with Crippen LogP contribution in [0, 0.1) is 0 Å². The Balaban J connectivity index is 1.33. The molecule has 0 aliphatic heterocycles. The van der Waals surface area contributed by atoms with Crippen molar-refractivity contribution in [3.8, 4) is 22.6 Å². The van der Waals surface area contributed by atoms with Crippen LogP contribution in [-0.4, -0.2) is 14.1 Å². The van der Waals surface area contributed by atoms with Crippen molar-refractivity contribution in [2.75, 3.05) is 0 Å². The lowest BCUT2D eigenvalue weighted by Crippen LogP contribution is -1.96.